The zero-order valence-electron chi connectivity index (χ0n) is 14.5. The number of benzene rings is 1. The van der Waals surface area contributed by atoms with Gasteiger partial charge in [0.1, 0.15) is 13.2 Å². The molecule has 1 fully saturated rings. The summed E-state index contributed by atoms with van der Waals surface area (Å²) in [5.74, 6) is 1.88. The van der Waals surface area contributed by atoms with E-state index in [-0.39, 0.29) is 11.9 Å². The van der Waals surface area contributed by atoms with Crippen molar-refractivity contribution in [2.75, 3.05) is 19.8 Å². The van der Waals surface area contributed by atoms with E-state index < -0.39 is 0 Å². The maximum Gasteiger partial charge on any atom is 0.272 e. The normalized spacial score (nSPS) is 19.5. The summed E-state index contributed by atoms with van der Waals surface area (Å²) in [5.41, 5.74) is 3.63. The van der Waals surface area contributed by atoms with Gasteiger partial charge in [-0.2, -0.15) is 5.10 Å². The van der Waals surface area contributed by atoms with Gasteiger partial charge in [-0.1, -0.05) is 6.07 Å². The van der Waals surface area contributed by atoms with Gasteiger partial charge in [0.2, 0.25) is 0 Å². The van der Waals surface area contributed by atoms with Crippen LogP contribution in [0.5, 0.6) is 11.5 Å². The van der Waals surface area contributed by atoms with Gasteiger partial charge in [0, 0.05) is 30.8 Å². The van der Waals surface area contributed by atoms with Crippen LogP contribution in [0.3, 0.4) is 0 Å². The molecule has 1 saturated carbocycles. The number of H-pyrrole nitrogens is 1. The van der Waals surface area contributed by atoms with Crippen LogP contribution in [0, 0.1) is 5.92 Å². The zero-order valence-corrected chi connectivity index (χ0v) is 14.5. The summed E-state index contributed by atoms with van der Waals surface area (Å²) in [6, 6.07) is 5.94. The smallest absolute Gasteiger partial charge is 0.272 e. The first-order valence-corrected chi connectivity index (χ1v) is 9.27. The molecule has 136 valence electrons. The molecule has 1 amide bonds. The summed E-state index contributed by atoms with van der Waals surface area (Å²) in [6.07, 6.45) is 3.13. The molecule has 3 heterocycles. The molecule has 1 aromatic carbocycles. The van der Waals surface area contributed by atoms with Crippen molar-refractivity contribution in [3.63, 3.8) is 0 Å². The Labute approximate surface area is 151 Å². The molecule has 0 bridgehead atoms. The highest BCUT2D eigenvalue weighted by molar-refractivity contribution is 5.94. The Morgan fingerprint density at radius 2 is 2.08 bits per heavy atom. The average molecular weight is 354 g/mol. The summed E-state index contributed by atoms with van der Waals surface area (Å²) < 4.78 is 11.3. The first-order chi connectivity index (χ1) is 12.8. The molecule has 0 saturated heterocycles. The van der Waals surface area contributed by atoms with E-state index in [1.165, 1.54) is 0 Å². The number of ether oxygens (including phenoxy) is 2. The highest BCUT2D eigenvalue weighted by atomic mass is 16.6. The van der Waals surface area contributed by atoms with Crippen LogP contribution in [-0.2, 0) is 13.0 Å². The lowest BCUT2D eigenvalue weighted by atomic mass is 10.0. The third kappa shape index (κ3) is 2.82. The Bertz CT molecular complexity index is 843. The summed E-state index contributed by atoms with van der Waals surface area (Å²) in [6.45, 7) is 2.74. The Balaban J connectivity index is 1.40. The van der Waals surface area contributed by atoms with Crippen molar-refractivity contribution in [3.8, 4) is 11.5 Å². The number of hydrogen-bond acceptors (Lipinski definition) is 5. The number of nitrogens with zero attached hydrogens (tertiary/aromatic N) is 1. The highest BCUT2D eigenvalue weighted by Gasteiger charge is 2.35. The SMILES string of the molecule is O=C(NC(c1ccc2c(c1)OCCO2)C1CC1)c1n[nH]c2c1CNCC2. The lowest BCUT2D eigenvalue weighted by Crippen LogP contribution is -2.32. The van der Waals surface area contributed by atoms with Gasteiger partial charge in [0.25, 0.3) is 5.91 Å². The molecule has 7 heteroatoms. The van der Waals surface area contributed by atoms with Gasteiger partial charge in [-0.05, 0) is 36.5 Å². The van der Waals surface area contributed by atoms with Crippen LogP contribution >= 0.6 is 0 Å². The van der Waals surface area contributed by atoms with E-state index in [9.17, 15) is 4.79 Å². The molecular weight excluding hydrogens is 332 g/mol. The minimum atomic E-state index is -0.113. The van der Waals surface area contributed by atoms with Crippen LogP contribution in [0.1, 0.15) is 46.2 Å². The fraction of sp³-hybridized carbons (Fsp3) is 0.474. The maximum absolute atomic E-state index is 12.9. The van der Waals surface area contributed by atoms with Crippen molar-refractivity contribution in [3.05, 3.63) is 40.7 Å². The Morgan fingerprint density at radius 1 is 1.23 bits per heavy atom. The fourth-order valence-electron chi connectivity index (χ4n) is 3.78. The number of carbonyl (C=O) groups excluding carboxylic acids is 1. The highest BCUT2D eigenvalue weighted by Crippen LogP contribution is 2.43. The van der Waals surface area contributed by atoms with Crippen molar-refractivity contribution in [1.29, 1.82) is 0 Å². The van der Waals surface area contributed by atoms with E-state index in [0.717, 1.165) is 54.1 Å². The molecule has 1 aliphatic carbocycles. The van der Waals surface area contributed by atoms with Gasteiger partial charge in [-0.25, -0.2) is 0 Å². The number of fused-ring (bicyclic) bond motifs is 2. The van der Waals surface area contributed by atoms with E-state index in [1.54, 1.807) is 0 Å². The number of amides is 1. The largest absolute Gasteiger partial charge is 0.486 e. The molecule has 2 aromatic rings. The molecule has 3 aliphatic rings. The van der Waals surface area contributed by atoms with Crippen molar-refractivity contribution in [2.45, 2.75) is 31.8 Å². The lowest BCUT2D eigenvalue weighted by molar-refractivity contribution is 0.0925. The zero-order chi connectivity index (χ0) is 17.5. The van der Waals surface area contributed by atoms with Crippen LogP contribution in [0.15, 0.2) is 18.2 Å². The second kappa shape index (κ2) is 6.32. The summed E-state index contributed by atoms with van der Waals surface area (Å²) in [5, 5.41) is 13.8. The third-order valence-electron chi connectivity index (χ3n) is 5.33. The third-order valence-corrected chi connectivity index (χ3v) is 5.33. The average Bonchev–Trinajstić information content (AvgIpc) is 3.43. The molecular formula is C19H22N4O3. The van der Waals surface area contributed by atoms with Crippen molar-refractivity contribution in [1.82, 2.24) is 20.8 Å². The van der Waals surface area contributed by atoms with Gasteiger partial charge in [-0.15, -0.1) is 0 Å². The maximum atomic E-state index is 12.9. The first-order valence-electron chi connectivity index (χ1n) is 9.27. The summed E-state index contributed by atoms with van der Waals surface area (Å²) in [4.78, 5) is 12.9. The van der Waals surface area contributed by atoms with Crippen LogP contribution < -0.4 is 20.1 Å². The number of nitrogens with one attached hydrogen (secondary N) is 3. The number of aromatic amines is 1. The van der Waals surface area contributed by atoms with E-state index in [2.05, 4.69) is 20.8 Å². The van der Waals surface area contributed by atoms with E-state index in [0.29, 0.717) is 31.4 Å². The molecule has 1 unspecified atom stereocenters. The topological polar surface area (TPSA) is 88.3 Å². The number of aromatic nitrogens is 2. The Hall–Kier alpha value is -2.54. The van der Waals surface area contributed by atoms with Crippen LogP contribution in [0.4, 0.5) is 0 Å². The molecule has 1 aromatic heterocycles. The molecule has 1 atom stereocenters. The van der Waals surface area contributed by atoms with Gasteiger partial charge < -0.3 is 20.1 Å². The van der Waals surface area contributed by atoms with E-state index in [1.807, 2.05) is 18.2 Å². The quantitative estimate of drug-likeness (QED) is 0.778. The monoisotopic (exact) mass is 354 g/mol. The van der Waals surface area contributed by atoms with Crippen LogP contribution in [0.25, 0.3) is 0 Å². The van der Waals surface area contributed by atoms with Crippen molar-refractivity contribution in [2.24, 2.45) is 5.92 Å². The first kappa shape index (κ1) is 15.7. The molecule has 0 spiro atoms. The number of carbonyl (C=O) groups is 1. The minimum absolute atomic E-state index is 0.0257. The second-order valence-corrected chi connectivity index (χ2v) is 7.15. The van der Waals surface area contributed by atoms with Crippen LogP contribution in [0.2, 0.25) is 0 Å². The molecule has 2 aliphatic heterocycles. The van der Waals surface area contributed by atoms with E-state index >= 15 is 0 Å². The summed E-state index contributed by atoms with van der Waals surface area (Å²) in [7, 11) is 0. The second-order valence-electron chi connectivity index (χ2n) is 7.15. The molecule has 5 rings (SSSR count). The fourth-order valence-corrected chi connectivity index (χ4v) is 3.78. The number of rotatable bonds is 4. The van der Waals surface area contributed by atoms with Crippen molar-refractivity contribution >= 4 is 5.91 Å². The van der Waals surface area contributed by atoms with E-state index in [4.69, 9.17) is 9.47 Å². The van der Waals surface area contributed by atoms with Crippen LogP contribution in [-0.4, -0.2) is 35.9 Å². The minimum Gasteiger partial charge on any atom is -0.486 e. The summed E-state index contributed by atoms with van der Waals surface area (Å²) >= 11 is 0. The molecule has 0 radical (unpaired) electrons. The van der Waals surface area contributed by atoms with Gasteiger partial charge in [0.05, 0.1) is 6.04 Å². The lowest BCUT2D eigenvalue weighted by Gasteiger charge is -2.23. The Morgan fingerprint density at radius 3 is 2.92 bits per heavy atom. The standard InChI is InChI=1S/C19H22N4O3/c24-19(18-13-10-20-6-5-14(13)22-23-18)21-17(11-1-2-11)12-3-4-15-16(9-12)26-8-7-25-15/h3-4,9,11,17,20H,1-2,5-8,10H2,(H,21,24)(H,22,23). The number of hydrogen-bond donors (Lipinski definition) is 3. The van der Waals surface area contributed by atoms with Gasteiger partial charge in [0.15, 0.2) is 17.2 Å². The molecule has 3 N–H and O–H groups in total. The predicted molar refractivity (Wildman–Crippen MR) is 94.4 cm³/mol. The van der Waals surface area contributed by atoms with Crippen molar-refractivity contribution < 1.29 is 14.3 Å². The predicted octanol–water partition coefficient (Wildman–Crippen LogP) is 1.71. The molecule has 26 heavy (non-hydrogen) atoms. The van der Waals surface area contributed by atoms with Gasteiger partial charge >= 0.3 is 0 Å². The Kier molecular flexibility index (Phi) is 3.81. The van der Waals surface area contributed by atoms with Gasteiger partial charge in [-0.3, -0.25) is 9.89 Å². The molecule has 7 nitrogen and oxygen atoms in total.